The molecule has 2 aliphatic heterocycles. The quantitative estimate of drug-likeness (QED) is 0.578. The first-order valence-electron chi connectivity index (χ1n) is 13.6. The van der Waals surface area contributed by atoms with Crippen molar-refractivity contribution < 1.29 is 0 Å². The molecule has 32 heavy (non-hydrogen) atoms. The third-order valence-corrected chi connectivity index (χ3v) is 10.1. The molecule has 3 saturated carbocycles. The molecule has 5 aliphatic rings. The van der Waals surface area contributed by atoms with Crippen LogP contribution in [0.2, 0.25) is 0 Å². The Kier molecular flexibility index (Phi) is 4.85. The van der Waals surface area contributed by atoms with Crippen LogP contribution in [0.3, 0.4) is 0 Å². The molecule has 0 bridgehead atoms. The highest BCUT2D eigenvalue weighted by molar-refractivity contribution is 5.69. The number of nitrogens with zero attached hydrogens (tertiary/aromatic N) is 1. The number of rotatable bonds is 2. The minimum atomic E-state index is 0.707. The number of anilines is 1. The van der Waals surface area contributed by atoms with Crippen molar-refractivity contribution in [2.45, 2.75) is 88.4 Å². The van der Waals surface area contributed by atoms with Crippen LogP contribution in [0.5, 0.6) is 0 Å². The van der Waals surface area contributed by atoms with Gasteiger partial charge in [0, 0.05) is 29.9 Å². The molecule has 168 valence electrons. The Morgan fingerprint density at radius 2 is 1.38 bits per heavy atom. The summed E-state index contributed by atoms with van der Waals surface area (Å²) in [6.45, 7) is 0. The second-order valence-electron chi connectivity index (χ2n) is 11.5. The normalized spacial score (nSPS) is 40.3. The van der Waals surface area contributed by atoms with Gasteiger partial charge < -0.3 is 10.2 Å². The maximum absolute atomic E-state index is 4.28. The van der Waals surface area contributed by atoms with Crippen LogP contribution in [0, 0.1) is 23.7 Å². The van der Waals surface area contributed by atoms with Gasteiger partial charge >= 0.3 is 0 Å². The predicted octanol–water partition coefficient (Wildman–Crippen LogP) is 6.66. The number of benzene rings is 2. The summed E-state index contributed by atoms with van der Waals surface area (Å²) in [7, 11) is 0. The Morgan fingerprint density at radius 1 is 0.625 bits per heavy atom. The monoisotopic (exact) mass is 426 g/mol. The van der Waals surface area contributed by atoms with Crippen LogP contribution in [0.1, 0.15) is 64.2 Å². The lowest BCUT2D eigenvalue weighted by Gasteiger charge is -2.43. The summed E-state index contributed by atoms with van der Waals surface area (Å²) in [5.74, 6) is 3.69. The van der Waals surface area contributed by atoms with E-state index < -0.39 is 0 Å². The number of hydrogen-bond acceptors (Lipinski definition) is 2. The molecule has 2 aromatic rings. The molecule has 8 atom stereocenters. The zero-order valence-corrected chi connectivity index (χ0v) is 19.3. The van der Waals surface area contributed by atoms with E-state index in [2.05, 4.69) is 64.8 Å². The first-order valence-corrected chi connectivity index (χ1v) is 13.6. The minimum Gasteiger partial charge on any atom is -0.363 e. The van der Waals surface area contributed by atoms with Crippen molar-refractivity contribution in [2.75, 3.05) is 4.90 Å². The van der Waals surface area contributed by atoms with E-state index in [1.165, 1.54) is 81.0 Å². The Hall–Kier alpha value is -1.80. The third-order valence-electron chi connectivity index (χ3n) is 10.1. The molecule has 0 radical (unpaired) electrons. The van der Waals surface area contributed by atoms with Gasteiger partial charge in [-0.1, -0.05) is 68.1 Å². The van der Waals surface area contributed by atoms with Gasteiger partial charge in [0.1, 0.15) is 0 Å². The fourth-order valence-electron chi connectivity index (χ4n) is 8.98. The summed E-state index contributed by atoms with van der Waals surface area (Å²) >= 11 is 0. The summed E-state index contributed by atoms with van der Waals surface area (Å²) in [5.41, 5.74) is 4.21. The van der Waals surface area contributed by atoms with Gasteiger partial charge in [-0.3, -0.25) is 0 Å². The summed E-state index contributed by atoms with van der Waals surface area (Å²) in [4.78, 5) is 2.97. The van der Waals surface area contributed by atoms with E-state index in [4.69, 9.17) is 0 Å². The highest BCUT2D eigenvalue weighted by atomic mass is 15.3. The second kappa shape index (κ2) is 7.90. The van der Waals surface area contributed by atoms with E-state index in [1.807, 2.05) is 0 Å². The lowest BCUT2D eigenvalue weighted by molar-refractivity contribution is 0.156. The van der Waals surface area contributed by atoms with Gasteiger partial charge in [0.25, 0.3) is 0 Å². The molecule has 2 nitrogen and oxygen atoms in total. The molecule has 0 amide bonds. The standard InChI is InChI=1S/C30H38N2/c1-2-9-20(10-3-1)21-11-8-12-22(19-21)32-28-16-7-5-14-24(28)26-18-17-25-23-13-4-6-15-27(23)31-29(25)30(26)32/h1-3,8-12,19,23-31H,4-7,13-18H2. The first-order chi connectivity index (χ1) is 15.9. The third kappa shape index (κ3) is 3.01. The molecule has 3 aliphatic carbocycles. The lowest BCUT2D eigenvalue weighted by Crippen LogP contribution is -2.54. The fraction of sp³-hybridized carbons (Fsp3) is 0.600. The van der Waals surface area contributed by atoms with Crippen molar-refractivity contribution in [3.63, 3.8) is 0 Å². The van der Waals surface area contributed by atoms with E-state index in [1.54, 1.807) is 0 Å². The smallest absolute Gasteiger partial charge is 0.0480 e. The Bertz CT molecular complexity index is 954. The maximum atomic E-state index is 4.28. The van der Waals surface area contributed by atoms with Crippen LogP contribution in [0.25, 0.3) is 11.1 Å². The largest absolute Gasteiger partial charge is 0.363 e. The highest BCUT2D eigenvalue weighted by Crippen LogP contribution is 2.55. The van der Waals surface area contributed by atoms with Crippen molar-refractivity contribution in [3.05, 3.63) is 54.6 Å². The van der Waals surface area contributed by atoms with E-state index in [0.29, 0.717) is 12.1 Å². The van der Waals surface area contributed by atoms with Gasteiger partial charge in [-0.2, -0.15) is 0 Å². The van der Waals surface area contributed by atoms with Gasteiger partial charge in [-0.25, -0.2) is 0 Å². The van der Waals surface area contributed by atoms with Crippen molar-refractivity contribution in [1.82, 2.24) is 5.32 Å². The van der Waals surface area contributed by atoms with Crippen LogP contribution in [0.4, 0.5) is 5.69 Å². The molecular formula is C30H38N2. The molecule has 0 aromatic heterocycles. The van der Waals surface area contributed by atoms with Crippen LogP contribution in [0.15, 0.2) is 54.6 Å². The average Bonchev–Trinajstić information content (AvgIpc) is 3.41. The molecule has 1 N–H and O–H groups in total. The Balaban J connectivity index is 1.29. The van der Waals surface area contributed by atoms with E-state index in [0.717, 1.165) is 35.8 Å². The summed E-state index contributed by atoms with van der Waals surface area (Å²) in [6, 6.07) is 23.5. The van der Waals surface area contributed by atoms with Gasteiger partial charge in [0.15, 0.2) is 0 Å². The Labute approximate surface area is 193 Å². The molecule has 2 heteroatoms. The molecule has 2 heterocycles. The predicted molar refractivity (Wildman–Crippen MR) is 133 cm³/mol. The second-order valence-corrected chi connectivity index (χ2v) is 11.5. The SMILES string of the molecule is c1ccc(-c2cccc(N3C4CCCCC4C4CCC5C6CCCCC6NC5C43)c2)cc1. The maximum Gasteiger partial charge on any atom is 0.0480 e. The highest BCUT2D eigenvalue weighted by Gasteiger charge is 2.59. The van der Waals surface area contributed by atoms with Gasteiger partial charge in [-0.05, 0) is 85.5 Å². The Morgan fingerprint density at radius 3 is 2.28 bits per heavy atom. The lowest BCUT2D eigenvalue weighted by atomic mass is 9.66. The van der Waals surface area contributed by atoms with E-state index in [-0.39, 0.29) is 0 Å². The first kappa shape index (κ1) is 19.6. The average molecular weight is 427 g/mol. The van der Waals surface area contributed by atoms with Crippen LogP contribution in [-0.4, -0.2) is 24.2 Å². The number of hydrogen-bond donors (Lipinski definition) is 1. The van der Waals surface area contributed by atoms with Crippen LogP contribution >= 0.6 is 0 Å². The zero-order chi connectivity index (χ0) is 21.1. The zero-order valence-electron chi connectivity index (χ0n) is 19.3. The van der Waals surface area contributed by atoms with E-state index >= 15 is 0 Å². The molecule has 0 spiro atoms. The van der Waals surface area contributed by atoms with Crippen LogP contribution in [-0.2, 0) is 0 Å². The van der Waals surface area contributed by atoms with Crippen LogP contribution < -0.4 is 10.2 Å². The van der Waals surface area contributed by atoms with Crippen molar-refractivity contribution in [2.24, 2.45) is 23.7 Å². The van der Waals surface area contributed by atoms with Gasteiger partial charge in [0.05, 0.1) is 0 Å². The van der Waals surface area contributed by atoms with Gasteiger partial charge in [-0.15, -0.1) is 0 Å². The molecule has 2 aromatic carbocycles. The van der Waals surface area contributed by atoms with Crippen molar-refractivity contribution in [3.8, 4) is 11.1 Å². The van der Waals surface area contributed by atoms with Gasteiger partial charge in [0.2, 0.25) is 0 Å². The van der Waals surface area contributed by atoms with Crippen molar-refractivity contribution >= 4 is 5.69 Å². The molecule has 2 saturated heterocycles. The summed E-state index contributed by atoms with van der Waals surface area (Å²) in [6.07, 6.45) is 14.5. The number of nitrogens with one attached hydrogen (secondary N) is 1. The molecule has 7 rings (SSSR count). The fourth-order valence-corrected chi connectivity index (χ4v) is 8.98. The minimum absolute atomic E-state index is 0.707. The number of fused-ring (bicyclic) bond motifs is 7. The van der Waals surface area contributed by atoms with E-state index in [9.17, 15) is 0 Å². The molecule has 8 unspecified atom stereocenters. The van der Waals surface area contributed by atoms with Crippen molar-refractivity contribution in [1.29, 1.82) is 0 Å². The summed E-state index contributed by atoms with van der Waals surface area (Å²) in [5, 5.41) is 4.28. The molecule has 5 fully saturated rings. The topological polar surface area (TPSA) is 15.3 Å². The molecular weight excluding hydrogens is 388 g/mol. The summed E-state index contributed by atoms with van der Waals surface area (Å²) < 4.78 is 0.